The maximum atomic E-state index is 13.1. The van der Waals surface area contributed by atoms with Gasteiger partial charge in [-0.15, -0.1) is 0 Å². The van der Waals surface area contributed by atoms with Gasteiger partial charge >= 0.3 is 6.09 Å². The minimum absolute atomic E-state index is 0.00175. The molecule has 1 aliphatic rings. The predicted molar refractivity (Wildman–Crippen MR) is 138 cm³/mol. The summed E-state index contributed by atoms with van der Waals surface area (Å²) < 4.78 is 13.3. The summed E-state index contributed by atoms with van der Waals surface area (Å²) in [5, 5.41) is 0. The number of aromatic nitrogens is 2. The molecule has 1 saturated heterocycles. The smallest absolute Gasteiger partial charge is 0.410 e. The molecule has 8 heteroatoms. The molecule has 1 atom stereocenters. The summed E-state index contributed by atoms with van der Waals surface area (Å²) in [6.07, 6.45) is 5.56. The van der Waals surface area contributed by atoms with Crippen molar-refractivity contribution in [1.29, 1.82) is 0 Å². The molecule has 1 unspecified atom stereocenters. The van der Waals surface area contributed by atoms with Crippen molar-refractivity contribution in [2.45, 2.75) is 52.7 Å². The molecule has 4 rings (SSSR count). The topological polar surface area (TPSA) is 76.4 Å². The lowest BCUT2D eigenvalue weighted by atomic mass is 9.97. The minimum Gasteiger partial charge on any atom is -0.487 e. The van der Waals surface area contributed by atoms with Crippen molar-refractivity contribution in [3.8, 4) is 5.75 Å². The monoisotopic (exact) mass is 492 g/mol. The van der Waals surface area contributed by atoms with Gasteiger partial charge < -0.3 is 23.7 Å². The molecular formula is C28H36N4O4. The van der Waals surface area contributed by atoms with E-state index in [1.165, 1.54) is 5.56 Å². The number of imidazole rings is 1. The summed E-state index contributed by atoms with van der Waals surface area (Å²) in [7, 11) is 1.75. The number of amides is 2. The van der Waals surface area contributed by atoms with E-state index >= 15 is 0 Å². The third-order valence-corrected chi connectivity index (χ3v) is 6.18. The molecule has 0 radical (unpaired) electrons. The Morgan fingerprint density at radius 3 is 2.58 bits per heavy atom. The highest BCUT2D eigenvalue weighted by Gasteiger charge is 2.28. The van der Waals surface area contributed by atoms with Crippen LogP contribution in [0.2, 0.25) is 0 Å². The van der Waals surface area contributed by atoms with Crippen LogP contribution in [0.15, 0.2) is 48.8 Å². The highest BCUT2D eigenvalue weighted by Crippen LogP contribution is 2.22. The number of benzene rings is 1. The number of rotatable bonds is 6. The molecule has 0 saturated carbocycles. The number of likely N-dealkylation sites (tertiary alicyclic amines) is 1. The fraction of sp³-hybridized carbons (Fsp3) is 0.464. The van der Waals surface area contributed by atoms with E-state index in [1.807, 2.05) is 73.7 Å². The van der Waals surface area contributed by atoms with E-state index in [-0.39, 0.29) is 17.9 Å². The number of ether oxygens (including phenoxy) is 2. The van der Waals surface area contributed by atoms with Gasteiger partial charge in [-0.25, -0.2) is 9.78 Å². The zero-order valence-corrected chi connectivity index (χ0v) is 21.9. The van der Waals surface area contributed by atoms with Gasteiger partial charge in [0.05, 0.1) is 5.69 Å². The zero-order chi connectivity index (χ0) is 25.9. The van der Waals surface area contributed by atoms with Crippen LogP contribution in [-0.4, -0.2) is 63.5 Å². The van der Waals surface area contributed by atoms with Crippen molar-refractivity contribution in [2.24, 2.45) is 5.92 Å². The first-order chi connectivity index (χ1) is 17.1. The summed E-state index contributed by atoms with van der Waals surface area (Å²) in [4.78, 5) is 33.5. The van der Waals surface area contributed by atoms with Crippen molar-refractivity contribution >= 4 is 17.6 Å². The van der Waals surface area contributed by atoms with Crippen LogP contribution in [0.1, 0.15) is 55.2 Å². The first-order valence-corrected chi connectivity index (χ1v) is 12.5. The molecule has 0 N–H and O–H groups in total. The summed E-state index contributed by atoms with van der Waals surface area (Å²) >= 11 is 0. The first-order valence-electron chi connectivity index (χ1n) is 12.5. The number of carbonyl (C=O) groups is 2. The predicted octanol–water partition coefficient (Wildman–Crippen LogP) is 4.94. The number of fused-ring (bicyclic) bond motifs is 1. The Bertz CT molecular complexity index is 1210. The van der Waals surface area contributed by atoms with Gasteiger partial charge in [0.1, 0.15) is 23.6 Å². The largest absolute Gasteiger partial charge is 0.487 e. The number of hydrogen-bond donors (Lipinski definition) is 0. The molecular weight excluding hydrogens is 456 g/mol. The summed E-state index contributed by atoms with van der Waals surface area (Å²) in [6, 6.07) is 11.3. The Balaban J connectivity index is 1.30. The second-order valence-corrected chi connectivity index (χ2v) is 10.6. The quantitative estimate of drug-likeness (QED) is 0.487. The summed E-state index contributed by atoms with van der Waals surface area (Å²) in [6.45, 7) is 9.88. The van der Waals surface area contributed by atoms with Crippen LogP contribution in [0.3, 0.4) is 0 Å². The standard InChI is InChI=1S/C28H36N4O4/c1-20-8-13-25-29-23(18-32(25)15-20)19-35-24-11-9-22(10-12-24)26(33)31-14-6-7-21(17-31)16-30(5)27(34)36-28(2,3)4/h8-13,15,18,21H,6-7,14,16-17,19H2,1-5H3. The Hall–Kier alpha value is -3.55. The van der Waals surface area contributed by atoms with Crippen LogP contribution >= 0.6 is 0 Å². The fourth-order valence-corrected chi connectivity index (χ4v) is 4.46. The lowest BCUT2D eigenvalue weighted by Gasteiger charge is -2.35. The van der Waals surface area contributed by atoms with Crippen LogP contribution < -0.4 is 4.74 Å². The van der Waals surface area contributed by atoms with Crippen LogP contribution in [0, 0.1) is 12.8 Å². The highest BCUT2D eigenvalue weighted by atomic mass is 16.6. The number of piperidine rings is 1. The van der Waals surface area contributed by atoms with Crippen molar-refractivity contribution in [3.05, 3.63) is 65.6 Å². The third kappa shape index (κ3) is 6.56. The van der Waals surface area contributed by atoms with E-state index in [2.05, 4.69) is 4.98 Å². The van der Waals surface area contributed by atoms with Gasteiger partial charge in [-0.05, 0) is 82.3 Å². The molecule has 2 amide bonds. The van der Waals surface area contributed by atoms with E-state index in [0.29, 0.717) is 31.0 Å². The van der Waals surface area contributed by atoms with Gasteiger partial charge in [-0.1, -0.05) is 6.07 Å². The number of aryl methyl sites for hydroxylation is 1. The molecule has 2 aromatic heterocycles. The molecule has 0 spiro atoms. The molecule has 1 aliphatic heterocycles. The Kier molecular flexibility index (Phi) is 7.52. The molecule has 1 aromatic carbocycles. The average Bonchev–Trinajstić information content (AvgIpc) is 3.23. The van der Waals surface area contributed by atoms with Gasteiger partial charge in [0, 0.05) is 44.6 Å². The number of carbonyl (C=O) groups excluding carboxylic acids is 2. The Labute approximate surface area is 212 Å². The van der Waals surface area contributed by atoms with E-state index in [4.69, 9.17) is 9.47 Å². The van der Waals surface area contributed by atoms with Crippen LogP contribution in [0.5, 0.6) is 5.75 Å². The third-order valence-electron chi connectivity index (χ3n) is 6.18. The van der Waals surface area contributed by atoms with Gasteiger partial charge in [0.15, 0.2) is 0 Å². The van der Waals surface area contributed by atoms with Gasteiger partial charge in [0.2, 0.25) is 0 Å². The Morgan fingerprint density at radius 1 is 1.11 bits per heavy atom. The molecule has 0 aliphatic carbocycles. The molecule has 3 heterocycles. The lowest BCUT2D eigenvalue weighted by Crippen LogP contribution is -2.45. The molecule has 1 fully saturated rings. The van der Waals surface area contributed by atoms with E-state index < -0.39 is 5.60 Å². The lowest BCUT2D eigenvalue weighted by molar-refractivity contribution is 0.0244. The maximum absolute atomic E-state index is 13.1. The molecule has 3 aromatic rings. The van der Waals surface area contributed by atoms with Crippen molar-refractivity contribution < 1.29 is 19.1 Å². The van der Waals surface area contributed by atoms with E-state index in [9.17, 15) is 9.59 Å². The second kappa shape index (κ2) is 10.6. The second-order valence-electron chi connectivity index (χ2n) is 10.6. The fourth-order valence-electron chi connectivity index (χ4n) is 4.46. The normalized spacial score (nSPS) is 16.1. The van der Waals surface area contributed by atoms with Crippen molar-refractivity contribution in [3.63, 3.8) is 0 Å². The SMILES string of the molecule is Cc1ccc2nc(COc3ccc(C(=O)N4CCCC(CN(C)C(=O)OC(C)(C)C)C4)cc3)cn2c1. The van der Waals surface area contributed by atoms with Crippen molar-refractivity contribution in [2.75, 3.05) is 26.7 Å². The summed E-state index contributed by atoms with van der Waals surface area (Å²) in [5.74, 6) is 0.911. The molecule has 192 valence electrons. The van der Waals surface area contributed by atoms with E-state index in [0.717, 1.165) is 30.7 Å². The van der Waals surface area contributed by atoms with Crippen LogP contribution in [-0.2, 0) is 11.3 Å². The van der Waals surface area contributed by atoms with Gasteiger partial charge in [-0.2, -0.15) is 0 Å². The maximum Gasteiger partial charge on any atom is 0.410 e. The highest BCUT2D eigenvalue weighted by molar-refractivity contribution is 5.94. The first kappa shape index (κ1) is 25.5. The summed E-state index contributed by atoms with van der Waals surface area (Å²) in [5.41, 5.74) is 3.00. The molecule has 8 nitrogen and oxygen atoms in total. The van der Waals surface area contributed by atoms with Gasteiger partial charge in [-0.3, -0.25) is 4.79 Å². The average molecular weight is 493 g/mol. The van der Waals surface area contributed by atoms with Gasteiger partial charge in [0.25, 0.3) is 5.91 Å². The molecule has 36 heavy (non-hydrogen) atoms. The van der Waals surface area contributed by atoms with E-state index in [1.54, 1.807) is 24.1 Å². The van der Waals surface area contributed by atoms with Crippen LogP contribution in [0.25, 0.3) is 5.65 Å². The minimum atomic E-state index is -0.526. The number of hydrogen-bond acceptors (Lipinski definition) is 5. The van der Waals surface area contributed by atoms with Crippen molar-refractivity contribution in [1.82, 2.24) is 19.2 Å². The Morgan fingerprint density at radius 2 is 1.86 bits per heavy atom. The number of pyridine rings is 1. The van der Waals surface area contributed by atoms with Crippen LogP contribution in [0.4, 0.5) is 4.79 Å². The molecule has 0 bridgehead atoms. The number of nitrogens with zero attached hydrogens (tertiary/aromatic N) is 4. The zero-order valence-electron chi connectivity index (χ0n) is 21.9.